The van der Waals surface area contributed by atoms with E-state index >= 15 is 0 Å². The molecule has 2 aromatic rings. The first-order valence-corrected chi connectivity index (χ1v) is 10.1. The number of rotatable bonds is 5. The molecule has 3 amide bonds. The third-order valence-electron chi connectivity index (χ3n) is 4.46. The minimum absolute atomic E-state index is 0.0824. The maximum atomic E-state index is 14.2. The van der Waals surface area contributed by atoms with Crippen LogP contribution in [0.4, 0.5) is 10.1 Å². The molecule has 1 aromatic carbocycles. The van der Waals surface area contributed by atoms with E-state index < -0.39 is 35.5 Å². The van der Waals surface area contributed by atoms with Gasteiger partial charge in [0.2, 0.25) is 11.8 Å². The Morgan fingerprint density at radius 1 is 1.37 bits per heavy atom. The van der Waals surface area contributed by atoms with E-state index in [1.54, 1.807) is 5.38 Å². The van der Waals surface area contributed by atoms with E-state index in [0.717, 1.165) is 22.3 Å². The van der Waals surface area contributed by atoms with E-state index in [1.165, 1.54) is 25.3 Å². The molecule has 1 unspecified atom stereocenters. The number of esters is 1. The molecule has 2 N–H and O–H groups in total. The monoisotopic (exact) mass is 453 g/mol. The van der Waals surface area contributed by atoms with Crippen molar-refractivity contribution in [2.75, 3.05) is 25.5 Å². The molecule has 0 saturated carbocycles. The zero-order valence-electron chi connectivity index (χ0n) is 15.7. The van der Waals surface area contributed by atoms with Gasteiger partial charge in [-0.05, 0) is 23.6 Å². The average Bonchev–Trinajstić information content (AvgIpc) is 3.16. The molecule has 1 saturated heterocycles. The van der Waals surface area contributed by atoms with Gasteiger partial charge >= 0.3 is 5.97 Å². The molecule has 2 heterocycles. The quantitative estimate of drug-likeness (QED) is 0.676. The molecule has 1 aliphatic heterocycles. The van der Waals surface area contributed by atoms with Crippen LogP contribution in [-0.2, 0) is 14.3 Å². The van der Waals surface area contributed by atoms with Crippen LogP contribution in [0, 0.1) is 5.82 Å². The molecule has 8 nitrogen and oxygen atoms in total. The van der Waals surface area contributed by atoms with Gasteiger partial charge in [-0.15, -0.1) is 11.3 Å². The minimum Gasteiger partial charge on any atom is -0.465 e. The highest BCUT2D eigenvalue weighted by Crippen LogP contribution is 2.25. The summed E-state index contributed by atoms with van der Waals surface area (Å²) < 4.78 is 18.9. The highest BCUT2D eigenvalue weighted by molar-refractivity contribution is 7.12. The lowest BCUT2D eigenvalue weighted by atomic mass is 10.1. The van der Waals surface area contributed by atoms with Crippen molar-refractivity contribution in [2.24, 2.45) is 0 Å². The predicted octanol–water partition coefficient (Wildman–Crippen LogP) is 2.30. The van der Waals surface area contributed by atoms with Crippen LogP contribution in [0.2, 0.25) is 5.02 Å². The standard InChI is InChI=1S/C19H17ClFN3O5S/c1-29-19(28)16-12(5-8-30-16)23-14(25)9-13-17(26)22-6-7-24(13)18(27)15-10(20)3-2-4-11(15)21/h2-5,8,13H,6-7,9H2,1H3,(H,22,26)(H,23,25). The van der Waals surface area contributed by atoms with Gasteiger partial charge in [-0.1, -0.05) is 17.7 Å². The van der Waals surface area contributed by atoms with Crippen molar-refractivity contribution in [3.8, 4) is 0 Å². The number of carbonyl (C=O) groups excluding carboxylic acids is 4. The number of thiophene rings is 1. The Morgan fingerprint density at radius 2 is 2.13 bits per heavy atom. The van der Waals surface area contributed by atoms with Crippen molar-refractivity contribution in [3.63, 3.8) is 0 Å². The number of amides is 3. The molecule has 0 radical (unpaired) electrons. The minimum atomic E-state index is -1.16. The third kappa shape index (κ3) is 4.44. The second kappa shape index (κ2) is 9.23. The molecule has 1 aromatic heterocycles. The summed E-state index contributed by atoms with van der Waals surface area (Å²) in [6.07, 6.45) is -0.389. The van der Waals surface area contributed by atoms with Crippen molar-refractivity contribution >= 4 is 52.3 Å². The van der Waals surface area contributed by atoms with Crippen molar-refractivity contribution in [2.45, 2.75) is 12.5 Å². The van der Waals surface area contributed by atoms with E-state index in [-0.39, 0.29) is 40.7 Å². The number of carbonyl (C=O) groups is 4. The van der Waals surface area contributed by atoms with Crippen LogP contribution in [0.5, 0.6) is 0 Å². The molecule has 0 bridgehead atoms. The second-order valence-electron chi connectivity index (χ2n) is 6.31. The van der Waals surface area contributed by atoms with Gasteiger partial charge < -0.3 is 20.3 Å². The Hall–Kier alpha value is -2.98. The summed E-state index contributed by atoms with van der Waals surface area (Å²) in [6, 6.07) is 4.19. The number of ether oxygens (including phenoxy) is 1. The van der Waals surface area contributed by atoms with Gasteiger partial charge in [0.15, 0.2) is 0 Å². The molecule has 1 aliphatic rings. The average molecular weight is 454 g/mol. The number of piperazine rings is 1. The molecule has 1 atom stereocenters. The van der Waals surface area contributed by atoms with E-state index in [1.807, 2.05) is 0 Å². The Bertz CT molecular complexity index is 992. The molecule has 11 heteroatoms. The van der Waals surface area contributed by atoms with E-state index in [9.17, 15) is 23.6 Å². The highest BCUT2D eigenvalue weighted by atomic mass is 35.5. The zero-order valence-corrected chi connectivity index (χ0v) is 17.3. The van der Waals surface area contributed by atoms with Gasteiger partial charge in [-0.3, -0.25) is 14.4 Å². The van der Waals surface area contributed by atoms with E-state index in [4.69, 9.17) is 11.6 Å². The van der Waals surface area contributed by atoms with E-state index in [2.05, 4.69) is 15.4 Å². The van der Waals surface area contributed by atoms with Crippen LogP contribution in [0.3, 0.4) is 0 Å². The predicted molar refractivity (Wildman–Crippen MR) is 108 cm³/mol. The first-order valence-electron chi connectivity index (χ1n) is 8.81. The fourth-order valence-corrected chi connectivity index (χ4v) is 4.05. The van der Waals surface area contributed by atoms with Crippen molar-refractivity contribution in [1.29, 1.82) is 0 Å². The third-order valence-corrected chi connectivity index (χ3v) is 5.67. The number of hydrogen-bond donors (Lipinski definition) is 2. The Balaban J connectivity index is 1.79. The number of hydrogen-bond acceptors (Lipinski definition) is 6. The lowest BCUT2D eigenvalue weighted by molar-refractivity contribution is -0.131. The number of halogens is 2. The summed E-state index contributed by atoms with van der Waals surface area (Å²) in [5, 5.41) is 6.65. The van der Waals surface area contributed by atoms with Crippen LogP contribution in [0.1, 0.15) is 26.5 Å². The summed E-state index contributed by atoms with van der Waals surface area (Å²) in [5.41, 5.74) is -0.117. The summed E-state index contributed by atoms with van der Waals surface area (Å²) in [6.45, 7) is 0.241. The van der Waals surface area contributed by atoms with Crippen molar-refractivity contribution in [3.05, 3.63) is 50.9 Å². The van der Waals surface area contributed by atoms with Crippen LogP contribution in [0.25, 0.3) is 0 Å². The zero-order chi connectivity index (χ0) is 21.8. The van der Waals surface area contributed by atoms with Crippen LogP contribution < -0.4 is 10.6 Å². The summed E-state index contributed by atoms with van der Waals surface area (Å²) in [4.78, 5) is 50.9. The van der Waals surface area contributed by atoms with Crippen LogP contribution >= 0.6 is 22.9 Å². The van der Waals surface area contributed by atoms with Crippen LogP contribution in [0.15, 0.2) is 29.6 Å². The highest BCUT2D eigenvalue weighted by Gasteiger charge is 2.36. The molecule has 158 valence electrons. The van der Waals surface area contributed by atoms with Crippen molar-refractivity contribution in [1.82, 2.24) is 10.2 Å². The fourth-order valence-electron chi connectivity index (χ4n) is 3.04. The largest absolute Gasteiger partial charge is 0.465 e. The number of nitrogens with one attached hydrogen (secondary N) is 2. The van der Waals surface area contributed by atoms with Gasteiger partial charge in [0, 0.05) is 13.1 Å². The van der Waals surface area contributed by atoms with Gasteiger partial charge in [0.05, 0.1) is 29.8 Å². The summed E-state index contributed by atoms with van der Waals surface area (Å²) >= 11 is 7.07. The lowest BCUT2D eigenvalue weighted by Gasteiger charge is -2.35. The molecular formula is C19H17ClFN3O5S. The maximum absolute atomic E-state index is 14.2. The van der Waals surface area contributed by atoms with Gasteiger partial charge in [-0.2, -0.15) is 0 Å². The number of anilines is 1. The first kappa shape index (κ1) is 21.7. The molecule has 0 spiro atoms. The van der Waals surface area contributed by atoms with E-state index in [0.29, 0.717) is 0 Å². The van der Waals surface area contributed by atoms with Gasteiger partial charge in [0.1, 0.15) is 16.7 Å². The molecule has 0 aliphatic carbocycles. The maximum Gasteiger partial charge on any atom is 0.350 e. The topological polar surface area (TPSA) is 105 Å². The van der Waals surface area contributed by atoms with Gasteiger partial charge in [-0.25, -0.2) is 9.18 Å². The summed E-state index contributed by atoms with van der Waals surface area (Å²) in [7, 11) is 1.22. The SMILES string of the molecule is COC(=O)c1sccc1NC(=O)CC1C(=O)NCCN1C(=O)c1c(F)cccc1Cl. The molecule has 3 rings (SSSR count). The number of benzene rings is 1. The Kier molecular flexibility index (Phi) is 6.68. The number of nitrogens with zero attached hydrogens (tertiary/aromatic N) is 1. The van der Waals surface area contributed by atoms with Crippen LogP contribution in [-0.4, -0.2) is 54.8 Å². The number of methoxy groups -OCH3 is 1. The summed E-state index contributed by atoms with van der Waals surface area (Å²) in [5.74, 6) is -3.35. The Labute approximate surface area is 179 Å². The second-order valence-corrected chi connectivity index (χ2v) is 7.63. The first-order chi connectivity index (χ1) is 14.3. The molecule has 30 heavy (non-hydrogen) atoms. The van der Waals surface area contributed by atoms with Gasteiger partial charge in [0.25, 0.3) is 5.91 Å². The normalized spacial score (nSPS) is 16.0. The molecule has 1 fully saturated rings. The van der Waals surface area contributed by atoms with Crippen molar-refractivity contribution < 1.29 is 28.3 Å². The lowest BCUT2D eigenvalue weighted by Crippen LogP contribution is -2.58. The smallest absolute Gasteiger partial charge is 0.350 e. The fraction of sp³-hybridized carbons (Fsp3) is 0.263. The molecular weight excluding hydrogens is 437 g/mol. The Morgan fingerprint density at radius 3 is 2.83 bits per heavy atom.